The second-order valence-electron chi connectivity index (χ2n) is 7.76. The zero-order chi connectivity index (χ0) is 20.2. The van der Waals surface area contributed by atoms with Gasteiger partial charge in [0.05, 0.1) is 9.90 Å². The highest BCUT2D eigenvalue weighted by molar-refractivity contribution is 7.16. The SMILES string of the molecule is CCCCCC1=N/C(=C/C(=O)c2sc3c(c2Cl)CCC=C3)CC1c1ccccc1. The number of hydrogen-bond donors (Lipinski definition) is 0. The van der Waals surface area contributed by atoms with Crippen LogP contribution in [0.3, 0.4) is 0 Å². The van der Waals surface area contributed by atoms with Crippen LogP contribution in [0, 0.1) is 0 Å². The summed E-state index contributed by atoms with van der Waals surface area (Å²) in [6.45, 7) is 2.22. The third-order valence-corrected chi connectivity index (χ3v) is 7.41. The largest absolute Gasteiger partial charge is 0.288 e. The first kappa shape index (κ1) is 20.3. The van der Waals surface area contributed by atoms with Crippen molar-refractivity contribution >= 4 is 40.5 Å². The third-order valence-electron chi connectivity index (χ3n) is 5.67. The van der Waals surface area contributed by atoms with E-state index in [-0.39, 0.29) is 11.7 Å². The van der Waals surface area contributed by atoms with Crippen molar-refractivity contribution in [2.75, 3.05) is 0 Å². The van der Waals surface area contributed by atoms with E-state index in [1.54, 1.807) is 6.08 Å². The molecule has 4 heteroatoms. The number of rotatable bonds is 7. The van der Waals surface area contributed by atoms with Gasteiger partial charge >= 0.3 is 0 Å². The minimum Gasteiger partial charge on any atom is -0.288 e. The lowest BCUT2D eigenvalue weighted by molar-refractivity contribution is 0.104. The van der Waals surface area contributed by atoms with E-state index in [1.165, 1.54) is 35.5 Å². The third kappa shape index (κ3) is 4.46. The molecular formula is C25H26ClNOS. The molecule has 0 amide bonds. The molecule has 0 saturated carbocycles. The maximum atomic E-state index is 13.0. The van der Waals surface area contributed by atoms with Crippen molar-refractivity contribution in [3.05, 3.63) is 74.1 Å². The molecule has 2 aliphatic rings. The van der Waals surface area contributed by atoms with Gasteiger partial charge in [0, 0.05) is 34.7 Å². The molecule has 0 spiro atoms. The van der Waals surface area contributed by atoms with Crippen LogP contribution in [0.2, 0.25) is 5.02 Å². The molecule has 2 nitrogen and oxygen atoms in total. The first-order valence-corrected chi connectivity index (χ1v) is 11.7. The lowest BCUT2D eigenvalue weighted by atomic mass is 9.90. The summed E-state index contributed by atoms with van der Waals surface area (Å²) in [5, 5.41) is 0.640. The number of benzene rings is 1. The number of allylic oxidation sites excluding steroid dienone is 3. The van der Waals surface area contributed by atoms with Gasteiger partial charge in [0.15, 0.2) is 5.78 Å². The fraction of sp³-hybridized carbons (Fsp3) is 0.360. The highest BCUT2D eigenvalue weighted by atomic mass is 35.5. The van der Waals surface area contributed by atoms with Crippen molar-refractivity contribution in [1.82, 2.24) is 0 Å². The molecule has 0 radical (unpaired) electrons. The Hall–Kier alpha value is -1.97. The van der Waals surface area contributed by atoms with Crippen molar-refractivity contribution in [3.63, 3.8) is 0 Å². The zero-order valence-electron chi connectivity index (χ0n) is 16.8. The minimum atomic E-state index is -0.0110. The summed E-state index contributed by atoms with van der Waals surface area (Å²) >= 11 is 8.06. The Morgan fingerprint density at radius 3 is 2.86 bits per heavy atom. The Balaban J connectivity index is 1.59. The van der Waals surface area contributed by atoms with Crippen molar-refractivity contribution in [3.8, 4) is 0 Å². The van der Waals surface area contributed by atoms with Gasteiger partial charge in [-0.25, -0.2) is 0 Å². The summed E-state index contributed by atoms with van der Waals surface area (Å²) in [4.78, 5) is 19.7. The normalized spacial score (nSPS) is 19.4. The van der Waals surface area contributed by atoms with Gasteiger partial charge in [0.25, 0.3) is 0 Å². The number of carbonyl (C=O) groups is 1. The maximum absolute atomic E-state index is 13.0. The summed E-state index contributed by atoms with van der Waals surface area (Å²) in [7, 11) is 0. The Kier molecular flexibility index (Phi) is 6.46. The van der Waals surface area contributed by atoms with Crippen LogP contribution < -0.4 is 0 Å². The quantitative estimate of drug-likeness (QED) is 0.255. The molecule has 0 fully saturated rings. The lowest BCUT2D eigenvalue weighted by Crippen LogP contribution is -2.07. The Labute approximate surface area is 182 Å². The Morgan fingerprint density at radius 2 is 2.10 bits per heavy atom. The van der Waals surface area contributed by atoms with E-state index in [2.05, 4.69) is 43.3 Å². The van der Waals surface area contributed by atoms with Gasteiger partial charge in [0.1, 0.15) is 0 Å². The molecule has 1 aromatic carbocycles. The summed E-state index contributed by atoms with van der Waals surface area (Å²) in [5.41, 5.74) is 4.50. The summed E-state index contributed by atoms with van der Waals surface area (Å²) in [6.07, 6.45) is 13.2. The maximum Gasteiger partial charge on any atom is 0.199 e. The van der Waals surface area contributed by atoms with Crippen LogP contribution >= 0.6 is 22.9 Å². The van der Waals surface area contributed by atoms with E-state index >= 15 is 0 Å². The molecule has 1 aliphatic heterocycles. The number of aliphatic imine (C=N–C) groups is 1. The van der Waals surface area contributed by atoms with Gasteiger partial charge < -0.3 is 0 Å². The van der Waals surface area contributed by atoms with Crippen molar-refractivity contribution in [2.24, 2.45) is 4.99 Å². The van der Waals surface area contributed by atoms with Gasteiger partial charge in [-0.15, -0.1) is 11.3 Å². The van der Waals surface area contributed by atoms with Gasteiger partial charge in [-0.2, -0.15) is 0 Å². The van der Waals surface area contributed by atoms with E-state index in [9.17, 15) is 4.79 Å². The second-order valence-corrected chi connectivity index (χ2v) is 9.19. The molecular weight excluding hydrogens is 398 g/mol. The summed E-state index contributed by atoms with van der Waals surface area (Å²) in [5.74, 6) is 0.269. The van der Waals surface area contributed by atoms with Crippen LogP contribution in [-0.4, -0.2) is 11.5 Å². The van der Waals surface area contributed by atoms with Gasteiger partial charge in [-0.3, -0.25) is 9.79 Å². The predicted molar refractivity (Wildman–Crippen MR) is 124 cm³/mol. The van der Waals surface area contributed by atoms with E-state index in [0.717, 1.165) is 48.2 Å². The molecule has 0 bridgehead atoms. The smallest absolute Gasteiger partial charge is 0.199 e. The summed E-state index contributed by atoms with van der Waals surface area (Å²) < 4.78 is 0. The molecule has 2 aromatic rings. The number of hydrogen-bond acceptors (Lipinski definition) is 3. The molecule has 29 heavy (non-hydrogen) atoms. The van der Waals surface area contributed by atoms with Crippen LogP contribution in [0.4, 0.5) is 0 Å². The number of fused-ring (bicyclic) bond motifs is 1. The fourth-order valence-corrected chi connectivity index (χ4v) is 5.68. The lowest BCUT2D eigenvalue weighted by Gasteiger charge is -2.13. The number of unbranched alkanes of at least 4 members (excludes halogenated alkanes) is 2. The molecule has 1 unspecified atom stereocenters. The van der Waals surface area contributed by atoms with Crippen molar-refractivity contribution < 1.29 is 4.79 Å². The molecule has 0 N–H and O–H groups in total. The Morgan fingerprint density at radius 1 is 1.28 bits per heavy atom. The number of halogens is 1. The van der Waals surface area contributed by atoms with Crippen molar-refractivity contribution in [2.45, 2.75) is 57.8 Å². The average Bonchev–Trinajstić information content (AvgIpc) is 3.30. The van der Waals surface area contributed by atoms with E-state index < -0.39 is 0 Å². The molecule has 1 aromatic heterocycles. The van der Waals surface area contributed by atoms with E-state index in [0.29, 0.717) is 9.90 Å². The molecule has 4 rings (SSSR count). The van der Waals surface area contributed by atoms with Gasteiger partial charge in [-0.05, 0) is 42.9 Å². The number of thiophene rings is 1. The van der Waals surface area contributed by atoms with Crippen LogP contribution in [-0.2, 0) is 6.42 Å². The topological polar surface area (TPSA) is 29.4 Å². The molecule has 2 heterocycles. The second kappa shape index (κ2) is 9.23. The Bertz CT molecular complexity index is 984. The average molecular weight is 424 g/mol. The number of nitrogens with zero attached hydrogens (tertiary/aromatic N) is 1. The van der Waals surface area contributed by atoms with Crippen LogP contribution in [0.5, 0.6) is 0 Å². The first-order valence-electron chi connectivity index (χ1n) is 10.5. The van der Waals surface area contributed by atoms with Gasteiger partial charge in [0.2, 0.25) is 0 Å². The fourth-order valence-electron chi connectivity index (χ4n) is 4.13. The van der Waals surface area contributed by atoms with E-state index in [1.807, 2.05) is 6.07 Å². The van der Waals surface area contributed by atoms with Crippen LogP contribution in [0.25, 0.3) is 6.08 Å². The molecule has 150 valence electrons. The summed E-state index contributed by atoms with van der Waals surface area (Å²) in [6, 6.07) is 10.5. The van der Waals surface area contributed by atoms with E-state index in [4.69, 9.17) is 16.6 Å². The number of ketones is 1. The van der Waals surface area contributed by atoms with Crippen molar-refractivity contribution in [1.29, 1.82) is 0 Å². The zero-order valence-corrected chi connectivity index (χ0v) is 18.4. The monoisotopic (exact) mass is 423 g/mol. The van der Waals surface area contributed by atoms with Gasteiger partial charge in [-0.1, -0.05) is 67.8 Å². The van der Waals surface area contributed by atoms with Crippen LogP contribution in [0.15, 0.2) is 53.2 Å². The van der Waals surface area contributed by atoms with Crippen LogP contribution in [0.1, 0.15) is 77.0 Å². The molecule has 1 aliphatic carbocycles. The standard InChI is InChI=1S/C25H26ClNOS/c1-2-3-5-13-21-20(17-10-6-4-7-11-17)15-18(27-21)16-22(28)25-24(26)19-12-8-9-14-23(19)29-25/h4,6-7,9-11,14,16,20H,2-3,5,8,12-13,15H2,1H3/b18-16+. The number of carbonyl (C=O) groups excluding carboxylic acids is 1. The molecule has 1 atom stereocenters. The first-order chi connectivity index (χ1) is 14.2. The highest BCUT2D eigenvalue weighted by Crippen LogP contribution is 2.39. The predicted octanol–water partition coefficient (Wildman–Crippen LogP) is 7.64. The molecule has 0 saturated heterocycles. The minimum absolute atomic E-state index is 0.0110. The highest BCUT2D eigenvalue weighted by Gasteiger charge is 2.27.